The summed E-state index contributed by atoms with van der Waals surface area (Å²) in [5.74, 6) is 0.919. The van der Waals surface area contributed by atoms with E-state index in [-0.39, 0.29) is 6.04 Å². The minimum Gasteiger partial charge on any atom is -0.306 e. The Kier molecular flexibility index (Phi) is 3.54. The van der Waals surface area contributed by atoms with Gasteiger partial charge < -0.3 is 4.57 Å². The molecule has 0 saturated heterocycles. The largest absolute Gasteiger partial charge is 0.306 e. The van der Waals surface area contributed by atoms with E-state index < -0.39 is 0 Å². The Labute approximate surface area is 139 Å². The molecule has 0 aromatic carbocycles. The molecular weight excluding hydrogens is 300 g/mol. The summed E-state index contributed by atoms with van der Waals surface area (Å²) in [6.45, 7) is 1.99. The molecule has 0 amide bonds. The van der Waals surface area contributed by atoms with Crippen LogP contribution in [0.4, 0.5) is 0 Å². The number of pyridine rings is 2. The molecule has 0 fully saturated rings. The first kappa shape index (κ1) is 14.5. The number of hydrogen-bond donors (Lipinski definition) is 0. The van der Waals surface area contributed by atoms with Crippen LogP contribution in [-0.2, 0) is 4.79 Å². The maximum Gasteiger partial charge on any atom is 0.161 e. The van der Waals surface area contributed by atoms with Crippen LogP contribution in [0.15, 0.2) is 60.5 Å². The minimum absolute atomic E-state index is 0.124. The lowest BCUT2D eigenvalue weighted by Crippen LogP contribution is -2.11. The van der Waals surface area contributed by atoms with Gasteiger partial charge in [0.05, 0.1) is 11.7 Å². The number of hydrogen-bond acceptors (Lipinski definition) is 4. The lowest BCUT2D eigenvalue weighted by atomic mass is 10.0. The molecule has 0 aliphatic heterocycles. The number of fused-ring (bicyclic) bond motifs is 1. The number of nitrogens with zero attached hydrogens (tertiary/aromatic N) is 4. The zero-order valence-corrected chi connectivity index (χ0v) is 13.3. The van der Waals surface area contributed by atoms with Crippen molar-refractivity contribution in [3.05, 3.63) is 66.3 Å². The third-order valence-electron chi connectivity index (χ3n) is 4.26. The van der Waals surface area contributed by atoms with Crippen LogP contribution >= 0.6 is 0 Å². The van der Waals surface area contributed by atoms with Gasteiger partial charge in [-0.3, -0.25) is 9.78 Å². The summed E-state index contributed by atoms with van der Waals surface area (Å²) in [5.41, 5.74) is 4.39. The molecule has 5 nitrogen and oxygen atoms in total. The van der Waals surface area contributed by atoms with E-state index in [1.807, 2.05) is 49.4 Å². The lowest BCUT2D eigenvalue weighted by molar-refractivity contribution is -0.104. The third-order valence-corrected chi connectivity index (χ3v) is 4.26. The van der Waals surface area contributed by atoms with E-state index in [0.29, 0.717) is 0 Å². The van der Waals surface area contributed by atoms with Gasteiger partial charge in [-0.05, 0) is 37.6 Å². The molecule has 1 atom stereocenters. The predicted molar refractivity (Wildman–Crippen MR) is 92.4 cm³/mol. The number of aromatic nitrogens is 4. The molecule has 0 saturated carbocycles. The van der Waals surface area contributed by atoms with Crippen LogP contribution in [0.5, 0.6) is 0 Å². The molecule has 0 bridgehead atoms. The van der Waals surface area contributed by atoms with Gasteiger partial charge in [0.25, 0.3) is 0 Å². The van der Waals surface area contributed by atoms with Gasteiger partial charge in [-0.25, -0.2) is 9.97 Å². The standard InChI is InChI=1S/C19H16N4O/c1-13-21-18-7-6-17(15-8-10-20-11-9-15)22-19(18)23(13)16-4-2-14(12-24)3-5-16/h2-4,6-12,16H,5H2,1H3. The van der Waals surface area contributed by atoms with Gasteiger partial charge in [0.2, 0.25) is 0 Å². The highest BCUT2D eigenvalue weighted by molar-refractivity contribution is 5.78. The molecule has 1 aliphatic carbocycles. The molecule has 3 aromatic rings. The summed E-state index contributed by atoms with van der Waals surface area (Å²) in [7, 11) is 0. The molecule has 3 heterocycles. The second-order valence-corrected chi connectivity index (χ2v) is 5.79. The Morgan fingerprint density at radius 1 is 1.17 bits per heavy atom. The number of carbonyl (C=O) groups is 1. The summed E-state index contributed by atoms with van der Waals surface area (Å²) in [6, 6.07) is 8.00. The van der Waals surface area contributed by atoms with Crippen molar-refractivity contribution in [3.63, 3.8) is 0 Å². The summed E-state index contributed by atoms with van der Waals surface area (Å²) in [6.07, 6.45) is 11.0. The Morgan fingerprint density at radius 3 is 2.71 bits per heavy atom. The zero-order valence-electron chi connectivity index (χ0n) is 13.3. The smallest absolute Gasteiger partial charge is 0.161 e. The number of carbonyl (C=O) groups excluding carboxylic acids is 1. The summed E-state index contributed by atoms with van der Waals surface area (Å²) in [4.78, 5) is 24.4. The van der Waals surface area contributed by atoms with Crippen molar-refractivity contribution in [2.75, 3.05) is 0 Å². The van der Waals surface area contributed by atoms with Crippen LogP contribution in [0, 0.1) is 6.92 Å². The number of aryl methyl sites for hydroxylation is 1. The van der Waals surface area contributed by atoms with Crippen molar-refractivity contribution >= 4 is 17.5 Å². The van der Waals surface area contributed by atoms with Gasteiger partial charge in [-0.2, -0.15) is 0 Å². The molecule has 1 unspecified atom stereocenters. The minimum atomic E-state index is 0.124. The summed E-state index contributed by atoms with van der Waals surface area (Å²) < 4.78 is 2.13. The quantitative estimate of drug-likeness (QED) is 0.695. The molecule has 4 rings (SSSR count). The first-order chi connectivity index (χ1) is 11.8. The van der Waals surface area contributed by atoms with Gasteiger partial charge in [0.15, 0.2) is 5.65 Å². The molecular formula is C19H16N4O. The van der Waals surface area contributed by atoms with Gasteiger partial charge in [0.1, 0.15) is 17.6 Å². The number of aldehydes is 1. The number of rotatable bonds is 3. The fourth-order valence-electron chi connectivity index (χ4n) is 3.07. The number of allylic oxidation sites excluding steroid dienone is 4. The van der Waals surface area contributed by atoms with E-state index in [4.69, 9.17) is 4.98 Å². The van der Waals surface area contributed by atoms with E-state index in [1.165, 1.54) is 0 Å². The highest BCUT2D eigenvalue weighted by atomic mass is 16.1. The maximum absolute atomic E-state index is 10.9. The third kappa shape index (κ3) is 2.44. The topological polar surface area (TPSA) is 60.7 Å². The fourth-order valence-corrected chi connectivity index (χ4v) is 3.07. The average molecular weight is 316 g/mol. The van der Waals surface area contributed by atoms with E-state index in [1.54, 1.807) is 12.4 Å². The Hall–Kier alpha value is -3.08. The number of imidazole rings is 1. The van der Waals surface area contributed by atoms with Crippen molar-refractivity contribution in [2.24, 2.45) is 0 Å². The van der Waals surface area contributed by atoms with E-state index >= 15 is 0 Å². The maximum atomic E-state index is 10.9. The van der Waals surface area contributed by atoms with Crippen LogP contribution in [0.2, 0.25) is 0 Å². The van der Waals surface area contributed by atoms with Crippen molar-refractivity contribution in [2.45, 2.75) is 19.4 Å². The normalized spacial score (nSPS) is 17.0. The molecule has 0 radical (unpaired) electrons. The van der Waals surface area contributed by atoms with Gasteiger partial charge in [0, 0.05) is 23.5 Å². The van der Waals surface area contributed by atoms with Gasteiger partial charge >= 0.3 is 0 Å². The van der Waals surface area contributed by atoms with E-state index in [2.05, 4.69) is 14.5 Å². The molecule has 0 spiro atoms. The zero-order chi connectivity index (χ0) is 16.5. The van der Waals surface area contributed by atoms with Crippen LogP contribution in [0.1, 0.15) is 18.3 Å². The lowest BCUT2D eigenvalue weighted by Gasteiger charge is -2.18. The molecule has 1 aliphatic rings. The van der Waals surface area contributed by atoms with Gasteiger partial charge in [-0.1, -0.05) is 18.2 Å². The SMILES string of the molecule is Cc1nc2ccc(-c3ccncc3)nc2n1C1C=CC(C=O)=CC1. The van der Waals surface area contributed by atoms with Crippen LogP contribution in [-0.4, -0.2) is 25.8 Å². The van der Waals surface area contributed by atoms with E-state index in [9.17, 15) is 4.79 Å². The van der Waals surface area contributed by atoms with Crippen LogP contribution < -0.4 is 0 Å². The predicted octanol–water partition coefficient (Wildman–Crippen LogP) is 3.43. The first-order valence-electron chi connectivity index (χ1n) is 7.86. The molecule has 3 aromatic heterocycles. The molecule has 5 heteroatoms. The Bertz CT molecular complexity index is 970. The second kappa shape index (κ2) is 5.85. The molecule has 24 heavy (non-hydrogen) atoms. The van der Waals surface area contributed by atoms with Gasteiger partial charge in [-0.15, -0.1) is 0 Å². The average Bonchev–Trinajstić information content (AvgIpc) is 2.97. The van der Waals surface area contributed by atoms with Crippen molar-refractivity contribution < 1.29 is 4.79 Å². The van der Waals surface area contributed by atoms with Crippen molar-refractivity contribution in [1.29, 1.82) is 0 Å². The molecule has 118 valence electrons. The van der Waals surface area contributed by atoms with Crippen molar-refractivity contribution in [1.82, 2.24) is 19.5 Å². The fraction of sp³-hybridized carbons (Fsp3) is 0.158. The van der Waals surface area contributed by atoms with Crippen LogP contribution in [0.3, 0.4) is 0 Å². The summed E-state index contributed by atoms with van der Waals surface area (Å²) >= 11 is 0. The first-order valence-corrected chi connectivity index (χ1v) is 7.86. The monoisotopic (exact) mass is 316 g/mol. The molecule has 0 N–H and O–H groups in total. The summed E-state index contributed by atoms with van der Waals surface area (Å²) in [5, 5.41) is 0. The highest BCUT2D eigenvalue weighted by Gasteiger charge is 2.18. The van der Waals surface area contributed by atoms with E-state index in [0.717, 1.165) is 46.5 Å². The highest BCUT2D eigenvalue weighted by Crippen LogP contribution is 2.28. The van der Waals surface area contributed by atoms with Crippen LogP contribution in [0.25, 0.3) is 22.4 Å². The Balaban J connectivity index is 1.81. The Morgan fingerprint density at radius 2 is 2.00 bits per heavy atom. The second-order valence-electron chi connectivity index (χ2n) is 5.79. The van der Waals surface area contributed by atoms with Crippen molar-refractivity contribution in [3.8, 4) is 11.3 Å².